The smallest absolute Gasteiger partial charge is 0.262 e. The number of nitrogens with one attached hydrogen (secondary N) is 1. The molecule has 4 rings (SSSR count). The molecule has 4 aromatic rings. The lowest BCUT2D eigenvalue weighted by atomic mass is 10.1. The van der Waals surface area contributed by atoms with E-state index in [1.807, 2.05) is 38.1 Å². The van der Waals surface area contributed by atoms with Gasteiger partial charge in [-0.05, 0) is 35.7 Å². The Morgan fingerprint density at radius 2 is 1.81 bits per heavy atom. The second-order valence-electron chi connectivity index (χ2n) is 7.63. The molecular formula is C23H22Cl2N4O3. The molecule has 0 amide bonds. The van der Waals surface area contributed by atoms with Crippen molar-refractivity contribution in [2.24, 2.45) is 0 Å². The summed E-state index contributed by atoms with van der Waals surface area (Å²) in [7, 11) is 0. The number of para-hydroxylation sites is 1. The molecule has 0 saturated heterocycles. The highest BCUT2D eigenvalue weighted by Crippen LogP contribution is 2.32. The molecule has 2 N–H and O–H groups in total. The van der Waals surface area contributed by atoms with Crippen LogP contribution < -0.4 is 10.3 Å². The molecule has 2 aromatic heterocycles. The Morgan fingerprint density at radius 3 is 2.44 bits per heavy atom. The molecule has 0 atom stereocenters. The molecule has 0 aliphatic heterocycles. The number of hydrogen-bond acceptors (Lipinski definition) is 5. The van der Waals surface area contributed by atoms with Crippen LogP contribution in [0.1, 0.15) is 36.8 Å². The third-order valence-corrected chi connectivity index (χ3v) is 5.58. The van der Waals surface area contributed by atoms with Gasteiger partial charge in [-0.25, -0.2) is 9.67 Å². The molecule has 0 saturated carbocycles. The van der Waals surface area contributed by atoms with E-state index in [-0.39, 0.29) is 24.7 Å². The largest absolute Gasteiger partial charge is 0.491 e. The van der Waals surface area contributed by atoms with Gasteiger partial charge in [-0.2, -0.15) is 5.10 Å². The maximum Gasteiger partial charge on any atom is 0.262 e. The van der Waals surface area contributed by atoms with Gasteiger partial charge in [-0.1, -0.05) is 55.2 Å². The van der Waals surface area contributed by atoms with Gasteiger partial charge in [0.15, 0.2) is 5.65 Å². The van der Waals surface area contributed by atoms with Crippen molar-refractivity contribution in [1.82, 2.24) is 19.7 Å². The Hall–Kier alpha value is -2.87. The molecule has 9 heteroatoms. The van der Waals surface area contributed by atoms with Crippen molar-refractivity contribution in [2.75, 3.05) is 13.2 Å². The van der Waals surface area contributed by atoms with Crippen LogP contribution in [0.25, 0.3) is 16.7 Å². The fraction of sp³-hybridized carbons (Fsp3) is 0.261. The zero-order valence-corrected chi connectivity index (χ0v) is 19.1. The second kappa shape index (κ2) is 9.32. The van der Waals surface area contributed by atoms with E-state index in [2.05, 4.69) is 10.1 Å². The number of hydrogen-bond donors (Lipinski definition) is 2. The molecule has 0 aliphatic rings. The Bertz CT molecular complexity index is 1290. The zero-order valence-electron chi connectivity index (χ0n) is 17.6. The lowest BCUT2D eigenvalue weighted by molar-refractivity contribution is 0.201. The van der Waals surface area contributed by atoms with E-state index in [4.69, 9.17) is 38.0 Å². The molecule has 7 nitrogen and oxygen atoms in total. The number of aliphatic hydroxyl groups is 1. The van der Waals surface area contributed by atoms with Crippen molar-refractivity contribution in [3.05, 3.63) is 79.9 Å². The summed E-state index contributed by atoms with van der Waals surface area (Å²) in [6.07, 6.45) is 0.407. The fourth-order valence-corrected chi connectivity index (χ4v) is 4.05. The molecule has 0 radical (unpaired) electrons. The van der Waals surface area contributed by atoms with Crippen molar-refractivity contribution in [1.29, 1.82) is 0 Å². The molecule has 166 valence electrons. The predicted molar refractivity (Wildman–Crippen MR) is 125 cm³/mol. The van der Waals surface area contributed by atoms with Crippen LogP contribution in [0, 0.1) is 0 Å². The number of benzene rings is 2. The summed E-state index contributed by atoms with van der Waals surface area (Å²) in [5, 5.41) is 14.8. The first-order valence-electron chi connectivity index (χ1n) is 10.2. The van der Waals surface area contributed by atoms with E-state index in [9.17, 15) is 4.79 Å². The van der Waals surface area contributed by atoms with Gasteiger partial charge in [-0.3, -0.25) is 4.79 Å². The summed E-state index contributed by atoms with van der Waals surface area (Å²) in [6, 6.07) is 12.6. The van der Waals surface area contributed by atoms with Gasteiger partial charge in [0.2, 0.25) is 0 Å². The lowest BCUT2D eigenvalue weighted by Crippen LogP contribution is -2.14. The second-order valence-corrected chi connectivity index (χ2v) is 8.44. The number of ether oxygens (including phenoxy) is 1. The third kappa shape index (κ3) is 4.37. The zero-order chi connectivity index (χ0) is 22.8. The minimum absolute atomic E-state index is 0.000211. The van der Waals surface area contributed by atoms with Gasteiger partial charge in [0.05, 0.1) is 22.3 Å². The number of fused-ring (bicyclic) bond motifs is 1. The maximum absolute atomic E-state index is 13.0. The van der Waals surface area contributed by atoms with Crippen LogP contribution in [0.15, 0.2) is 47.3 Å². The molecule has 0 fully saturated rings. The van der Waals surface area contributed by atoms with Gasteiger partial charge < -0.3 is 14.8 Å². The summed E-state index contributed by atoms with van der Waals surface area (Å²) in [6.45, 7) is 4.12. The predicted octanol–water partition coefficient (Wildman–Crippen LogP) is 4.50. The molecule has 0 unspecified atom stereocenters. The molecule has 0 bridgehead atoms. The topological polar surface area (TPSA) is 93.0 Å². The highest BCUT2D eigenvalue weighted by atomic mass is 35.5. The first-order chi connectivity index (χ1) is 15.4. The monoisotopic (exact) mass is 472 g/mol. The normalized spacial score (nSPS) is 11.4. The average molecular weight is 473 g/mol. The highest BCUT2D eigenvalue weighted by molar-refractivity contribution is 6.37. The Labute approximate surface area is 194 Å². The Balaban J connectivity index is 1.81. The average Bonchev–Trinajstić information content (AvgIpc) is 3.13. The minimum Gasteiger partial charge on any atom is -0.491 e. The molecule has 32 heavy (non-hydrogen) atoms. The van der Waals surface area contributed by atoms with Gasteiger partial charge in [0.25, 0.3) is 5.56 Å². The molecule has 0 aliphatic carbocycles. The van der Waals surface area contributed by atoms with Gasteiger partial charge in [-0.15, -0.1) is 0 Å². The van der Waals surface area contributed by atoms with Crippen LogP contribution in [-0.2, 0) is 6.42 Å². The van der Waals surface area contributed by atoms with E-state index >= 15 is 0 Å². The van der Waals surface area contributed by atoms with E-state index < -0.39 is 0 Å². The van der Waals surface area contributed by atoms with Crippen LogP contribution in [0.3, 0.4) is 0 Å². The summed E-state index contributed by atoms with van der Waals surface area (Å²) in [4.78, 5) is 20.7. The first-order valence-corrected chi connectivity index (χ1v) is 10.9. The van der Waals surface area contributed by atoms with E-state index in [0.717, 1.165) is 5.56 Å². The third-order valence-electron chi connectivity index (χ3n) is 4.97. The highest BCUT2D eigenvalue weighted by Gasteiger charge is 2.22. The lowest BCUT2D eigenvalue weighted by Gasteiger charge is -2.09. The maximum atomic E-state index is 13.0. The van der Waals surface area contributed by atoms with Crippen LogP contribution >= 0.6 is 23.2 Å². The number of aliphatic hydroxyl groups excluding tert-OH is 1. The van der Waals surface area contributed by atoms with E-state index in [1.54, 1.807) is 22.9 Å². The van der Waals surface area contributed by atoms with Crippen LogP contribution in [-0.4, -0.2) is 38.1 Å². The Morgan fingerprint density at radius 1 is 1.12 bits per heavy atom. The molecule has 0 spiro atoms. The summed E-state index contributed by atoms with van der Waals surface area (Å²) in [5.74, 6) is 1.15. The van der Waals surface area contributed by atoms with Crippen LogP contribution in [0.2, 0.25) is 10.0 Å². The summed E-state index contributed by atoms with van der Waals surface area (Å²) >= 11 is 12.9. The van der Waals surface area contributed by atoms with Crippen molar-refractivity contribution in [3.63, 3.8) is 0 Å². The number of rotatable bonds is 7. The van der Waals surface area contributed by atoms with Gasteiger partial charge in [0.1, 0.15) is 29.3 Å². The van der Waals surface area contributed by atoms with E-state index in [1.165, 1.54) is 0 Å². The van der Waals surface area contributed by atoms with Gasteiger partial charge >= 0.3 is 0 Å². The van der Waals surface area contributed by atoms with Gasteiger partial charge in [0, 0.05) is 6.42 Å². The first kappa shape index (κ1) is 22.3. The quantitative estimate of drug-likeness (QED) is 0.412. The number of aromatic amines is 1. The van der Waals surface area contributed by atoms with Crippen LogP contribution in [0.4, 0.5) is 0 Å². The molecule has 2 heterocycles. The standard InChI is InChI=1S/C23H22Cl2N4O3/c1-13(2)20-19-22(29(28-20)21-16(24)4-3-5-17(21)25)26-18(27-23(19)31)12-14-6-8-15(9-7-14)32-11-10-30/h3-9,13,30H,10-12H2,1-2H3,(H,26,27,31). The number of aromatic nitrogens is 4. The Kier molecular flexibility index (Phi) is 6.50. The molecule has 2 aromatic carbocycles. The summed E-state index contributed by atoms with van der Waals surface area (Å²) < 4.78 is 6.94. The van der Waals surface area contributed by atoms with Crippen molar-refractivity contribution in [3.8, 4) is 11.4 Å². The van der Waals surface area contributed by atoms with Crippen LogP contribution in [0.5, 0.6) is 5.75 Å². The van der Waals surface area contributed by atoms with Crippen molar-refractivity contribution < 1.29 is 9.84 Å². The number of halogens is 2. The minimum atomic E-state index is -0.258. The van der Waals surface area contributed by atoms with Crippen molar-refractivity contribution >= 4 is 34.2 Å². The summed E-state index contributed by atoms with van der Waals surface area (Å²) in [5.41, 5.74) is 2.20. The van der Waals surface area contributed by atoms with Crippen molar-refractivity contribution in [2.45, 2.75) is 26.2 Å². The number of nitrogens with zero attached hydrogens (tertiary/aromatic N) is 3. The van der Waals surface area contributed by atoms with E-state index in [0.29, 0.717) is 50.5 Å². The number of H-pyrrole nitrogens is 1. The SMILES string of the molecule is CC(C)c1nn(-c2c(Cl)cccc2Cl)c2nc(Cc3ccc(OCCO)cc3)[nH]c(=O)c12. The molecular weight excluding hydrogens is 451 g/mol. The fourth-order valence-electron chi connectivity index (χ4n) is 3.49.